The summed E-state index contributed by atoms with van der Waals surface area (Å²) in [6.07, 6.45) is 2.83. The first-order valence-corrected chi connectivity index (χ1v) is 5.37. The minimum atomic E-state index is 0.627. The number of aromatic nitrogens is 2. The third-order valence-corrected chi connectivity index (χ3v) is 2.40. The molecule has 4 heteroatoms. The molecule has 2 aromatic rings. The molecule has 0 saturated carbocycles. The monoisotopic (exact) mass is 217 g/mol. The van der Waals surface area contributed by atoms with Gasteiger partial charge < -0.3 is 10.2 Å². The minimum absolute atomic E-state index is 0.627. The maximum atomic E-state index is 5.62. The fourth-order valence-corrected chi connectivity index (χ4v) is 1.57. The van der Waals surface area contributed by atoms with E-state index < -0.39 is 0 Å². The Labute approximate surface area is 94.5 Å². The van der Waals surface area contributed by atoms with Crippen LogP contribution in [0, 0.1) is 6.92 Å². The van der Waals surface area contributed by atoms with Crippen molar-refractivity contribution in [1.29, 1.82) is 0 Å². The highest BCUT2D eigenvalue weighted by molar-refractivity contribution is 5.39. The second kappa shape index (κ2) is 4.79. The molecule has 1 heterocycles. The number of rotatable bonds is 4. The molecule has 0 amide bonds. The SMILES string of the molecule is Cc1nnc(CCCc2ccc(N)cc2)o1. The molecule has 16 heavy (non-hydrogen) atoms. The van der Waals surface area contributed by atoms with Crippen molar-refractivity contribution in [3.8, 4) is 0 Å². The van der Waals surface area contributed by atoms with Crippen molar-refractivity contribution in [1.82, 2.24) is 10.2 Å². The highest BCUT2D eigenvalue weighted by atomic mass is 16.4. The number of hydrogen-bond acceptors (Lipinski definition) is 4. The zero-order valence-corrected chi connectivity index (χ0v) is 9.31. The zero-order valence-electron chi connectivity index (χ0n) is 9.31. The van der Waals surface area contributed by atoms with Crippen molar-refractivity contribution in [2.24, 2.45) is 0 Å². The van der Waals surface area contributed by atoms with Gasteiger partial charge in [0.2, 0.25) is 11.8 Å². The lowest BCUT2D eigenvalue weighted by atomic mass is 10.1. The van der Waals surface area contributed by atoms with Crippen LogP contribution in [0.3, 0.4) is 0 Å². The lowest BCUT2D eigenvalue weighted by Gasteiger charge is -2.00. The molecular weight excluding hydrogens is 202 g/mol. The highest BCUT2D eigenvalue weighted by Crippen LogP contribution is 2.09. The summed E-state index contributed by atoms with van der Waals surface area (Å²) in [5, 5.41) is 7.75. The third kappa shape index (κ3) is 2.82. The molecule has 0 aliphatic rings. The average Bonchev–Trinajstić information content (AvgIpc) is 2.67. The van der Waals surface area contributed by atoms with E-state index in [-0.39, 0.29) is 0 Å². The van der Waals surface area contributed by atoms with Gasteiger partial charge in [0.05, 0.1) is 0 Å². The second-order valence-corrected chi connectivity index (χ2v) is 3.81. The number of anilines is 1. The molecule has 0 atom stereocenters. The molecule has 2 N–H and O–H groups in total. The maximum Gasteiger partial charge on any atom is 0.216 e. The average molecular weight is 217 g/mol. The lowest BCUT2D eigenvalue weighted by Crippen LogP contribution is -1.91. The van der Waals surface area contributed by atoms with Gasteiger partial charge >= 0.3 is 0 Å². The van der Waals surface area contributed by atoms with Crippen LogP contribution in [0.15, 0.2) is 28.7 Å². The van der Waals surface area contributed by atoms with Gasteiger partial charge in [-0.25, -0.2) is 0 Å². The summed E-state index contributed by atoms with van der Waals surface area (Å²) in [6.45, 7) is 1.80. The van der Waals surface area contributed by atoms with Crippen LogP contribution in [0.5, 0.6) is 0 Å². The predicted octanol–water partition coefficient (Wildman–Crippen LogP) is 2.14. The standard InChI is InChI=1S/C12H15N3O/c1-9-14-15-12(16-9)4-2-3-10-5-7-11(13)8-6-10/h5-8H,2-4,13H2,1H3. The normalized spacial score (nSPS) is 10.6. The predicted molar refractivity (Wildman–Crippen MR) is 61.9 cm³/mol. The molecular formula is C12H15N3O. The van der Waals surface area contributed by atoms with Crippen molar-refractivity contribution < 1.29 is 4.42 Å². The molecule has 4 nitrogen and oxygen atoms in total. The van der Waals surface area contributed by atoms with E-state index in [0.717, 1.165) is 24.9 Å². The first-order valence-electron chi connectivity index (χ1n) is 5.37. The summed E-state index contributed by atoms with van der Waals surface area (Å²) in [4.78, 5) is 0. The van der Waals surface area contributed by atoms with Gasteiger partial charge in [0.15, 0.2) is 0 Å². The number of aryl methyl sites for hydroxylation is 3. The fraction of sp³-hybridized carbons (Fsp3) is 0.333. The van der Waals surface area contributed by atoms with Crippen LogP contribution in [0.2, 0.25) is 0 Å². The largest absolute Gasteiger partial charge is 0.426 e. The number of benzene rings is 1. The molecule has 2 rings (SSSR count). The van der Waals surface area contributed by atoms with Gasteiger partial charge in [-0.05, 0) is 30.5 Å². The summed E-state index contributed by atoms with van der Waals surface area (Å²) in [7, 11) is 0. The minimum Gasteiger partial charge on any atom is -0.426 e. The Balaban J connectivity index is 1.82. The van der Waals surface area contributed by atoms with Gasteiger partial charge in [-0.15, -0.1) is 10.2 Å². The van der Waals surface area contributed by atoms with E-state index in [9.17, 15) is 0 Å². The van der Waals surface area contributed by atoms with Crippen molar-refractivity contribution in [2.45, 2.75) is 26.2 Å². The van der Waals surface area contributed by atoms with E-state index in [1.54, 1.807) is 6.92 Å². The van der Waals surface area contributed by atoms with Gasteiger partial charge in [0.1, 0.15) is 0 Å². The first-order chi connectivity index (χ1) is 7.74. The Morgan fingerprint density at radius 3 is 2.50 bits per heavy atom. The molecule has 0 bridgehead atoms. The van der Waals surface area contributed by atoms with Crippen LogP contribution in [0.1, 0.15) is 23.8 Å². The van der Waals surface area contributed by atoms with Gasteiger partial charge in [-0.1, -0.05) is 12.1 Å². The number of nitrogens with two attached hydrogens (primary N) is 1. The lowest BCUT2D eigenvalue weighted by molar-refractivity contribution is 0.462. The quantitative estimate of drug-likeness (QED) is 0.797. The van der Waals surface area contributed by atoms with E-state index in [1.165, 1.54) is 5.56 Å². The Bertz CT molecular complexity index is 448. The molecule has 0 aliphatic heterocycles. The molecule has 0 unspecified atom stereocenters. The van der Waals surface area contributed by atoms with Crippen LogP contribution in [-0.4, -0.2) is 10.2 Å². The summed E-state index contributed by atoms with van der Waals surface area (Å²) in [5.74, 6) is 1.34. The summed E-state index contributed by atoms with van der Waals surface area (Å²) in [6, 6.07) is 7.95. The Morgan fingerprint density at radius 1 is 1.12 bits per heavy atom. The molecule has 0 saturated heterocycles. The molecule has 0 fully saturated rings. The molecule has 0 aliphatic carbocycles. The van der Waals surface area contributed by atoms with Crippen LogP contribution in [0.4, 0.5) is 5.69 Å². The smallest absolute Gasteiger partial charge is 0.216 e. The molecule has 0 spiro atoms. The van der Waals surface area contributed by atoms with Gasteiger partial charge in [-0.3, -0.25) is 0 Å². The molecule has 1 aromatic carbocycles. The number of hydrogen-bond donors (Lipinski definition) is 1. The van der Waals surface area contributed by atoms with Crippen molar-refractivity contribution in [3.05, 3.63) is 41.6 Å². The van der Waals surface area contributed by atoms with E-state index in [1.807, 2.05) is 24.3 Å². The van der Waals surface area contributed by atoms with Crippen LogP contribution >= 0.6 is 0 Å². The van der Waals surface area contributed by atoms with Gasteiger partial charge in [0, 0.05) is 19.0 Å². The van der Waals surface area contributed by atoms with Gasteiger partial charge in [0.25, 0.3) is 0 Å². The fourth-order valence-electron chi connectivity index (χ4n) is 1.57. The zero-order chi connectivity index (χ0) is 11.4. The van der Waals surface area contributed by atoms with Crippen molar-refractivity contribution >= 4 is 5.69 Å². The van der Waals surface area contributed by atoms with E-state index >= 15 is 0 Å². The maximum absolute atomic E-state index is 5.62. The number of nitrogens with zero attached hydrogens (tertiary/aromatic N) is 2. The first kappa shape index (κ1) is 10.7. The second-order valence-electron chi connectivity index (χ2n) is 3.81. The van der Waals surface area contributed by atoms with Crippen LogP contribution in [-0.2, 0) is 12.8 Å². The van der Waals surface area contributed by atoms with E-state index in [2.05, 4.69) is 10.2 Å². The summed E-state index contributed by atoms with van der Waals surface area (Å²) < 4.78 is 5.30. The van der Waals surface area contributed by atoms with Crippen molar-refractivity contribution in [3.63, 3.8) is 0 Å². The summed E-state index contributed by atoms with van der Waals surface area (Å²) >= 11 is 0. The van der Waals surface area contributed by atoms with E-state index in [4.69, 9.17) is 10.2 Å². The molecule has 84 valence electrons. The summed E-state index contributed by atoms with van der Waals surface area (Å²) in [5.41, 5.74) is 7.70. The molecule has 1 aromatic heterocycles. The van der Waals surface area contributed by atoms with E-state index in [0.29, 0.717) is 11.8 Å². The van der Waals surface area contributed by atoms with Gasteiger partial charge in [-0.2, -0.15) is 0 Å². The molecule has 0 radical (unpaired) electrons. The van der Waals surface area contributed by atoms with Crippen LogP contribution < -0.4 is 5.73 Å². The van der Waals surface area contributed by atoms with Crippen LogP contribution in [0.25, 0.3) is 0 Å². The highest BCUT2D eigenvalue weighted by Gasteiger charge is 2.01. The number of nitrogen functional groups attached to an aromatic ring is 1. The Hall–Kier alpha value is -1.84. The third-order valence-electron chi connectivity index (χ3n) is 2.40. The van der Waals surface area contributed by atoms with Crippen molar-refractivity contribution in [2.75, 3.05) is 5.73 Å². The Morgan fingerprint density at radius 2 is 1.88 bits per heavy atom. The Kier molecular flexibility index (Phi) is 3.19. The topological polar surface area (TPSA) is 64.9 Å².